The van der Waals surface area contributed by atoms with Gasteiger partial charge in [0, 0.05) is 37.6 Å². The van der Waals surface area contributed by atoms with Crippen molar-refractivity contribution in [2.45, 2.75) is 50.2 Å². The Morgan fingerprint density at radius 2 is 2.00 bits per heavy atom. The second-order valence-corrected chi connectivity index (χ2v) is 10.8. The second kappa shape index (κ2) is 6.50. The Kier molecular flexibility index (Phi) is 4.61. The lowest BCUT2D eigenvalue weighted by atomic mass is 9.73. The smallest absolute Gasteiger partial charge is 0.223 e. The third-order valence-corrected chi connectivity index (χ3v) is 7.69. The van der Waals surface area contributed by atoms with Gasteiger partial charge in [-0.05, 0) is 38.8 Å². The maximum atomic E-state index is 12.5. The van der Waals surface area contributed by atoms with Crippen molar-refractivity contribution in [2.75, 3.05) is 44.7 Å². The van der Waals surface area contributed by atoms with E-state index in [0.717, 1.165) is 25.9 Å². The maximum Gasteiger partial charge on any atom is 0.223 e. The zero-order valence-electron chi connectivity index (χ0n) is 15.2. The van der Waals surface area contributed by atoms with Crippen LogP contribution in [0, 0.1) is 11.8 Å². The van der Waals surface area contributed by atoms with Crippen LogP contribution >= 0.6 is 0 Å². The van der Waals surface area contributed by atoms with Crippen LogP contribution in [0.5, 0.6) is 0 Å². The Morgan fingerprint density at radius 1 is 1.24 bits per heavy atom. The van der Waals surface area contributed by atoms with Crippen molar-refractivity contribution < 1.29 is 17.9 Å². The summed E-state index contributed by atoms with van der Waals surface area (Å²) < 4.78 is 29.1. The fourth-order valence-electron chi connectivity index (χ4n) is 5.50. The minimum atomic E-state index is -3.10. The summed E-state index contributed by atoms with van der Waals surface area (Å²) in [5.74, 6) is 0.869. The maximum absolute atomic E-state index is 12.5. The summed E-state index contributed by atoms with van der Waals surface area (Å²) in [6, 6.07) is 0. The summed E-state index contributed by atoms with van der Waals surface area (Å²) in [5.41, 5.74) is -0.147. The molecule has 4 rings (SSSR count). The van der Waals surface area contributed by atoms with Gasteiger partial charge in [0.2, 0.25) is 5.91 Å². The van der Waals surface area contributed by atoms with Gasteiger partial charge in [0.1, 0.15) is 9.84 Å². The molecule has 0 radical (unpaired) electrons. The number of carbonyl (C=O) groups excluding carboxylic acids is 1. The predicted octanol–water partition coefficient (Wildman–Crippen LogP) is 0.913. The summed E-state index contributed by atoms with van der Waals surface area (Å²) in [6.07, 6.45) is 7.75. The fraction of sp³-hybridized carbons (Fsp3) is 0.944. The number of piperidine rings is 1. The minimum Gasteiger partial charge on any atom is -0.369 e. The van der Waals surface area contributed by atoms with Gasteiger partial charge in [0.25, 0.3) is 0 Å². The Hall–Kier alpha value is -0.660. The molecule has 7 heteroatoms. The highest BCUT2D eigenvalue weighted by Gasteiger charge is 2.63. The van der Waals surface area contributed by atoms with Crippen LogP contribution < -0.4 is 0 Å². The van der Waals surface area contributed by atoms with Gasteiger partial charge in [0.15, 0.2) is 0 Å². The number of hydrogen-bond acceptors (Lipinski definition) is 5. The molecule has 4 aliphatic rings. The van der Waals surface area contributed by atoms with Gasteiger partial charge in [-0.1, -0.05) is 6.42 Å². The molecule has 6 nitrogen and oxygen atoms in total. The van der Waals surface area contributed by atoms with Crippen molar-refractivity contribution in [3.63, 3.8) is 0 Å². The molecule has 25 heavy (non-hydrogen) atoms. The number of sulfone groups is 1. The van der Waals surface area contributed by atoms with Crippen molar-refractivity contribution in [3.8, 4) is 0 Å². The van der Waals surface area contributed by atoms with E-state index in [9.17, 15) is 13.2 Å². The third-order valence-electron chi connectivity index (χ3n) is 6.74. The second-order valence-electron chi connectivity index (χ2n) is 8.55. The molecule has 4 atom stereocenters. The number of nitrogens with zero attached hydrogens (tertiary/aromatic N) is 2. The zero-order chi connectivity index (χ0) is 17.7. The summed E-state index contributed by atoms with van der Waals surface area (Å²) in [5, 5.41) is 0. The summed E-state index contributed by atoms with van der Waals surface area (Å²) >= 11 is 0. The quantitative estimate of drug-likeness (QED) is 0.720. The molecular formula is C18H30N2O4S. The van der Waals surface area contributed by atoms with Crippen LogP contribution in [0.1, 0.15) is 38.5 Å². The molecule has 0 aromatic heterocycles. The Bertz CT molecular complexity index is 631. The minimum absolute atomic E-state index is 0.0297. The van der Waals surface area contributed by atoms with Crippen LogP contribution in [-0.2, 0) is 19.4 Å². The number of likely N-dealkylation sites (tertiary alicyclic amines) is 2. The Labute approximate surface area is 150 Å². The van der Waals surface area contributed by atoms with Gasteiger partial charge in [-0.15, -0.1) is 0 Å². The van der Waals surface area contributed by atoms with E-state index < -0.39 is 9.84 Å². The molecular weight excluding hydrogens is 340 g/mol. The first-order valence-electron chi connectivity index (χ1n) is 9.72. The highest BCUT2D eigenvalue weighted by molar-refractivity contribution is 7.90. The van der Waals surface area contributed by atoms with E-state index in [0.29, 0.717) is 24.5 Å². The van der Waals surface area contributed by atoms with Gasteiger partial charge in [-0.2, -0.15) is 0 Å². The van der Waals surface area contributed by atoms with Gasteiger partial charge in [-0.25, -0.2) is 8.42 Å². The lowest BCUT2D eigenvalue weighted by Crippen LogP contribution is -2.43. The molecule has 142 valence electrons. The van der Waals surface area contributed by atoms with E-state index >= 15 is 0 Å². The normalized spacial score (nSPS) is 38.3. The van der Waals surface area contributed by atoms with E-state index in [2.05, 4.69) is 4.90 Å². The fourth-order valence-corrected chi connectivity index (χ4v) is 6.04. The number of fused-ring (bicyclic) bond motifs is 1. The molecule has 4 aliphatic heterocycles. The van der Waals surface area contributed by atoms with Crippen molar-refractivity contribution >= 4 is 15.7 Å². The molecule has 0 N–H and O–H groups in total. The van der Waals surface area contributed by atoms with Crippen LogP contribution in [0.25, 0.3) is 0 Å². The molecule has 4 fully saturated rings. The van der Waals surface area contributed by atoms with Crippen molar-refractivity contribution in [1.29, 1.82) is 0 Å². The van der Waals surface area contributed by atoms with Gasteiger partial charge < -0.3 is 14.5 Å². The van der Waals surface area contributed by atoms with Crippen LogP contribution in [0.2, 0.25) is 0 Å². The molecule has 1 spiro atoms. The Balaban J connectivity index is 1.40. The van der Waals surface area contributed by atoms with E-state index in [1.54, 1.807) is 0 Å². The molecule has 4 heterocycles. The van der Waals surface area contributed by atoms with Crippen molar-refractivity contribution in [3.05, 3.63) is 0 Å². The largest absolute Gasteiger partial charge is 0.369 e. The SMILES string of the molecule is CS(=O)(=O)CCC(=O)N1C[C@@H]2[C@H](CN3CCCCC3)[C@H]3CC[C@]2(C1)O3. The lowest BCUT2D eigenvalue weighted by molar-refractivity contribution is -0.131. The average Bonchev–Trinajstić information content (AvgIpc) is 3.22. The number of rotatable bonds is 5. The number of ether oxygens (including phenoxy) is 1. The molecule has 1 amide bonds. The molecule has 0 aliphatic carbocycles. The number of hydrogen-bond donors (Lipinski definition) is 0. The van der Waals surface area contributed by atoms with Crippen LogP contribution in [0.4, 0.5) is 0 Å². The van der Waals surface area contributed by atoms with Crippen molar-refractivity contribution in [1.82, 2.24) is 9.80 Å². The molecule has 0 aromatic carbocycles. The van der Waals surface area contributed by atoms with E-state index in [1.807, 2.05) is 4.90 Å². The molecule has 0 aromatic rings. The number of amides is 1. The molecule has 0 unspecified atom stereocenters. The average molecular weight is 371 g/mol. The van der Waals surface area contributed by atoms with Crippen LogP contribution in [0.3, 0.4) is 0 Å². The standard InChI is InChI=1S/C18H30N2O4S/c1-25(22,23)10-6-17(21)20-12-15-14(11-19-8-3-2-4-9-19)16-5-7-18(15,13-20)24-16/h14-16H,2-13H2,1H3/t14-,15+,16+,18+/m0/s1. The highest BCUT2D eigenvalue weighted by atomic mass is 32.2. The molecule has 0 saturated carbocycles. The van der Waals surface area contributed by atoms with Gasteiger partial charge >= 0.3 is 0 Å². The monoisotopic (exact) mass is 370 g/mol. The van der Waals surface area contributed by atoms with E-state index in [1.165, 1.54) is 38.6 Å². The van der Waals surface area contributed by atoms with E-state index in [-0.39, 0.29) is 23.7 Å². The summed E-state index contributed by atoms with van der Waals surface area (Å²) in [4.78, 5) is 16.9. The first-order valence-corrected chi connectivity index (χ1v) is 11.8. The van der Waals surface area contributed by atoms with Crippen LogP contribution in [-0.4, -0.2) is 80.6 Å². The topological polar surface area (TPSA) is 66.9 Å². The first-order chi connectivity index (χ1) is 11.9. The predicted molar refractivity (Wildman–Crippen MR) is 95.0 cm³/mol. The van der Waals surface area contributed by atoms with Gasteiger partial charge in [-0.3, -0.25) is 4.79 Å². The molecule has 4 saturated heterocycles. The zero-order valence-corrected chi connectivity index (χ0v) is 16.0. The molecule has 2 bridgehead atoms. The third kappa shape index (κ3) is 3.47. The number of carbonyl (C=O) groups is 1. The van der Waals surface area contributed by atoms with Crippen LogP contribution in [0.15, 0.2) is 0 Å². The lowest BCUT2D eigenvalue weighted by Gasteiger charge is -2.35. The van der Waals surface area contributed by atoms with E-state index in [4.69, 9.17) is 4.74 Å². The summed E-state index contributed by atoms with van der Waals surface area (Å²) in [6.45, 7) is 4.90. The first kappa shape index (κ1) is 17.7. The van der Waals surface area contributed by atoms with Gasteiger partial charge in [0.05, 0.1) is 24.0 Å². The van der Waals surface area contributed by atoms with Crippen molar-refractivity contribution in [2.24, 2.45) is 11.8 Å². The highest BCUT2D eigenvalue weighted by Crippen LogP contribution is 2.55. The summed E-state index contributed by atoms with van der Waals surface area (Å²) in [7, 11) is -3.10. The Morgan fingerprint density at radius 3 is 2.72 bits per heavy atom.